The van der Waals surface area contributed by atoms with E-state index in [4.69, 9.17) is 11.6 Å². The van der Waals surface area contributed by atoms with Gasteiger partial charge >= 0.3 is 0 Å². The molecule has 0 aromatic carbocycles. The summed E-state index contributed by atoms with van der Waals surface area (Å²) in [7, 11) is 2.08. The lowest BCUT2D eigenvalue weighted by atomic mass is 10.1. The molecule has 1 aromatic rings. The van der Waals surface area contributed by atoms with Crippen molar-refractivity contribution in [3.8, 4) is 0 Å². The number of halogens is 1. The summed E-state index contributed by atoms with van der Waals surface area (Å²) in [6.07, 6.45) is 0. The molecule has 1 saturated heterocycles. The van der Waals surface area contributed by atoms with Crippen LogP contribution in [0.1, 0.15) is 23.0 Å². The van der Waals surface area contributed by atoms with E-state index in [1.54, 1.807) is 12.1 Å². The van der Waals surface area contributed by atoms with E-state index >= 15 is 0 Å². The Kier molecular flexibility index (Phi) is 3.88. The summed E-state index contributed by atoms with van der Waals surface area (Å²) in [4.78, 5) is 20.7. The van der Waals surface area contributed by atoms with Crippen LogP contribution in [0.15, 0.2) is 12.1 Å². The maximum Gasteiger partial charge on any atom is 0.254 e. The predicted molar refractivity (Wildman–Crippen MR) is 72.0 cm³/mol. The van der Waals surface area contributed by atoms with Crippen LogP contribution in [-0.4, -0.2) is 53.4 Å². The Morgan fingerprint density at radius 1 is 1.44 bits per heavy atom. The van der Waals surface area contributed by atoms with Gasteiger partial charge in [0.2, 0.25) is 0 Å². The second-order valence-electron chi connectivity index (χ2n) is 4.93. The SMILES string of the molecule is Cc1cc(C(=O)N2CCN(C)CC2C)cc(Cl)n1. The van der Waals surface area contributed by atoms with Crippen LogP contribution >= 0.6 is 11.6 Å². The van der Waals surface area contributed by atoms with Crippen molar-refractivity contribution in [2.75, 3.05) is 26.7 Å². The number of aryl methyl sites for hydroxylation is 1. The summed E-state index contributed by atoms with van der Waals surface area (Å²) in [6, 6.07) is 3.66. The fraction of sp³-hybridized carbons (Fsp3) is 0.538. The molecule has 98 valence electrons. The Labute approximate surface area is 113 Å². The van der Waals surface area contributed by atoms with Crippen LogP contribution in [0.3, 0.4) is 0 Å². The minimum atomic E-state index is 0.0444. The first-order chi connectivity index (χ1) is 8.47. The van der Waals surface area contributed by atoms with Gasteiger partial charge in [-0.1, -0.05) is 11.6 Å². The molecule has 1 unspecified atom stereocenters. The van der Waals surface area contributed by atoms with Crippen LogP contribution < -0.4 is 0 Å². The quantitative estimate of drug-likeness (QED) is 0.729. The molecule has 2 rings (SSSR count). The number of pyridine rings is 1. The minimum Gasteiger partial charge on any atom is -0.333 e. The lowest BCUT2D eigenvalue weighted by molar-refractivity contribution is 0.0533. The van der Waals surface area contributed by atoms with Crippen LogP contribution in [0.2, 0.25) is 5.15 Å². The summed E-state index contributed by atoms with van der Waals surface area (Å²) in [5, 5.41) is 0.375. The van der Waals surface area contributed by atoms with Crippen LogP contribution in [0.25, 0.3) is 0 Å². The van der Waals surface area contributed by atoms with Gasteiger partial charge in [-0.15, -0.1) is 0 Å². The second-order valence-corrected chi connectivity index (χ2v) is 5.32. The highest BCUT2D eigenvalue weighted by atomic mass is 35.5. The third-order valence-corrected chi connectivity index (χ3v) is 3.45. The monoisotopic (exact) mass is 267 g/mol. The van der Waals surface area contributed by atoms with E-state index in [1.807, 2.05) is 11.8 Å². The van der Waals surface area contributed by atoms with Crippen molar-refractivity contribution in [1.82, 2.24) is 14.8 Å². The lowest BCUT2D eigenvalue weighted by Gasteiger charge is -2.38. The normalized spacial score (nSPS) is 21.1. The van der Waals surface area contributed by atoms with E-state index in [-0.39, 0.29) is 11.9 Å². The minimum absolute atomic E-state index is 0.0444. The maximum atomic E-state index is 12.4. The standard InChI is InChI=1S/C13H18ClN3O/c1-9-6-11(7-12(14)15-9)13(18)17-5-4-16(3)8-10(17)2/h6-7,10H,4-5,8H2,1-3H3. The average Bonchev–Trinajstić information content (AvgIpc) is 2.26. The fourth-order valence-electron chi connectivity index (χ4n) is 2.36. The molecule has 4 nitrogen and oxygen atoms in total. The van der Waals surface area contributed by atoms with Gasteiger partial charge in [-0.3, -0.25) is 4.79 Å². The number of nitrogens with zero attached hydrogens (tertiary/aromatic N) is 3. The fourth-order valence-corrected chi connectivity index (χ4v) is 2.61. The smallest absolute Gasteiger partial charge is 0.254 e. The number of rotatable bonds is 1. The topological polar surface area (TPSA) is 36.4 Å². The number of likely N-dealkylation sites (N-methyl/N-ethyl adjacent to an activating group) is 1. The summed E-state index contributed by atoms with van der Waals surface area (Å²) in [5.41, 5.74) is 1.40. The van der Waals surface area contributed by atoms with Gasteiger partial charge < -0.3 is 9.80 Å². The van der Waals surface area contributed by atoms with Crippen LogP contribution in [0.5, 0.6) is 0 Å². The van der Waals surface area contributed by atoms with E-state index in [1.165, 1.54) is 0 Å². The largest absolute Gasteiger partial charge is 0.333 e. The molecule has 1 amide bonds. The first-order valence-electron chi connectivity index (χ1n) is 6.11. The van der Waals surface area contributed by atoms with Crippen molar-refractivity contribution < 1.29 is 4.79 Å². The highest BCUT2D eigenvalue weighted by Crippen LogP contribution is 2.16. The van der Waals surface area contributed by atoms with Crippen molar-refractivity contribution in [2.45, 2.75) is 19.9 Å². The van der Waals surface area contributed by atoms with Gasteiger partial charge in [-0.25, -0.2) is 4.98 Å². The summed E-state index contributed by atoms with van der Waals surface area (Å²) in [5.74, 6) is 0.0444. The van der Waals surface area contributed by atoms with Gasteiger partial charge in [0.05, 0.1) is 0 Å². The van der Waals surface area contributed by atoms with Crippen LogP contribution in [0, 0.1) is 6.92 Å². The Balaban J connectivity index is 2.20. The second kappa shape index (κ2) is 5.24. The highest BCUT2D eigenvalue weighted by Gasteiger charge is 2.26. The zero-order valence-electron chi connectivity index (χ0n) is 11.0. The van der Waals surface area contributed by atoms with Gasteiger partial charge in [0.15, 0.2) is 0 Å². The number of carbonyl (C=O) groups is 1. The van der Waals surface area contributed by atoms with E-state index in [2.05, 4.69) is 23.9 Å². The molecule has 0 aliphatic carbocycles. The van der Waals surface area contributed by atoms with Gasteiger partial charge in [-0.2, -0.15) is 0 Å². The molecule has 1 fully saturated rings. The van der Waals surface area contributed by atoms with Gasteiger partial charge in [0.1, 0.15) is 5.15 Å². The van der Waals surface area contributed by atoms with Crippen molar-refractivity contribution >= 4 is 17.5 Å². The zero-order valence-corrected chi connectivity index (χ0v) is 11.7. The predicted octanol–water partition coefficient (Wildman–Crippen LogP) is 1.82. The zero-order chi connectivity index (χ0) is 13.3. The molecule has 1 atom stereocenters. The van der Waals surface area contributed by atoms with Gasteiger partial charge in [0, 0.05) is 36.9 Å². The molecule has 2 heterocycles. The molecule has 0 N–H and O–H groups in total. The summed E-state index contributed by atoms with van der Waals surface area (Å²) < 4.78 is 0. The number of hydrogen-bond acceptors (Lipinski definition) is 3. The number of carbonyl (C=O) groups excluding carboxylic acids is 1. The van der Waals surface area contributed by atoms with Gasteiger partial charge in [0.25, 0.3) is 5.91 Å². The molecular weight excluding hydrogens is 250 g/mol. The summed E-state index contributed by atoms with van der Waals surface area (Å²) in [6.45, 7) is 6.49. The Hall–Kier alpha value is -1.13. The average molecular weight is 268 g/mol. The Morgan fingerprint density at radius 2 is 2.17 bits per heavy atom. The number of hydrogen-bond donors (Lipinski definition) is 0. The number of aromatic nitrogens is 1. The van der Waals surface area contributed by atoms with Crippen molar-refractivity contribution in [1.29, 1.82) is 0 Å². The molecule has 5 heteroatoms. The third-order valence-electron chi connectivity index (χ3n) is 3.26. The van der Waals surface area contributed by atoms with Crippen molar-refractivity contribution in [2.24, 2.45) is 0 Å². The molecular formula is C13H18ClN3O. The van der Waals surface area contributed by atoms with E-state index in [0.29, 0.717) is 10.7 Å². The van der Waals surface area contributed by atoms with Gasteiger partial charge in [-0.05, 0) is 33.0 Å². The van der Waals surface area contributed by atoms with Crippen LogP contribution in [-0.2, 0) is 0 Å². The first-order valence-corrected chi connectivity index (χ1v) is 6.49. The molecule has 18 heavy (non-hydrogen) atoms. The lowest BCUT2D eigenvalue weighted by Crippen LogP contribution is -2.52. The number of amides is 1. The Bertz CT molecular complexity index is 443. The molecule has 0 spiro atoms. The van der Waals surface area contributed by atoms with E-state index in [9.17, 15) is 4.79 Å². The molecule has 0 saturated carbocycles. The van der Waals surface area contributed by atoms with E-state index < -0.39 is 0 Å². The molecule has 1 aliphatic rings. The maximum absolute atomic E-state index is 12.4. The summed E-state index contributed by atoms with van der Waals surface area (Å²) >= 11 is 5.90. The van der Waals surface area contributed by atoms with E-state index in [0.717, 1.165) is 25.3 Å². The Morgan fingerprint density at radius 3 is 2.78 bits per heavy atom. The molecule has 1 aromatic heterocycles. The molecule has 0 radical (unpaired) electrons. The van der Waals surface area contributed by atoms with Crippen LogP contribution in [0.4, 0.5) is 0 Å². The number of piperazine rings is 1. The third kappa shape index (κ3) is 2.82. The molecule has 0 bridgehead atoms. The highest BCUT2D eigenvalue weighted by molar-refractivity contribution is 6.29. The first kappa shape index (κ1) is 13.3. The molecule has 1 aliphatic heterocycles. The van der Waals surface area contributed by atoms with Crippen molar-refractivity contribution in [3.63, 3.8) is 0 Å². The van der Waals surface area contributed by atoms with Crippen molar-refractivity contribution in [3.05, 3.63) is 28.5 Å².